The number of benzene rings is 1. The van der Waals surface area contributed by atoms with Gasteiger partial charge in [0.05, 0.1) is 5.92 Å². The van der Waals surface area contributed by atoms with Crippen LogP contribution in [-0.4, -0.2) is 30.4 Å². The van der Waals surface area contributed by atoms with Crippen molar-refractivity contribution < 1.29 is 4.79 Å². The second-order valence-electron chi connectivity index (χ2n) is 6.97. The van der Waals surface area contributed by atoms with E-state index in [9.17, 15) is 4.79 Å². The molecule has 0 aromatic heterocycles. The summed E-state index contributed by atoms with van der Waals surface area (Å²) in [6, 6.07) is 8.30. The molecular weight excluding hydrogens is 260 g/mol. The molecule has 1 aliphatic heterocycles. The van der Waals surface area contributed by atoms with E-state index in [0.29, 0.717) is 17.7 Å². The molecule has 0 spiro atoms. The van der Waals surface area contributed by atoms with Crippen LogP contribution in [0, 0.1) is 17.8 Å². The van der Waals surface area contributed by atoms with Crippen LogP contribution in [0.1, 0.15) is 33.3 Å². The van der Waals surface area contributed by atoms with Crippen LogP contribution >= 0.6 is 0 Å². The maximum Gasteiger partial charge on any atom is 0.227 e. The molecule has 3 heteroatoms. The lowest BCUT2D eigenvalue weighted by Gasteiger charge is -2.33. The molecule has 0 bridgehead atoms. The number of anilines is 1. The highest BCUT2D eigenvalue weighted by atomic mass is 16.2. The molecule has 1 aromatic carbocycles. The van der Waals surface area contributed by atoms with E-state index in [2.05, 4.69) is 50.0 Å². The van der Waals surface area contributed by atoms with Gasteiger partial charge >= 0.3 is 0 Å². The van der Waals surface area contributed by atoms with Crippen LogP contribution in [-0.2, 0) is 11.2 Å². The highest BCUT2D eigenvalue weighted by molar-refractivity contribution is 5.81. The lowest BCUT2D eigenvalue weighted by molar-refractivity contribution is -0.136. The molecule has 1 amide bonds. The van der Waals surface area contributed by atoms with E-state index in [1.807, 2.05) is 12.1 Å². The molecule has 1 N–H and O–H groups in total. The number of hydrogen-bond donors (Lipinski definition) is 1. The third kappa shape index (κ3) is 4.23. The van der Waals surface area contributed by atoms with Crippen molar-refractivity contribution in [1.82, 2.24) is 4.90 Å². The predicted octanol–water partition coefficient (Wildman–Crippen LogP) is 3.41. The smallest absolute Gasteiger partial charge is 0.227 e. The molecule has 116 valence electrons. The molecule has 2 rings (SSSR count). The Balaban J connectivity index is 2.07. The normalized spacial score (nSPS) is 17.5. The van der Waals surface area contributed by atoms with E-state index in [4.69, 9.17) is 0 Å². The van der Waals surface area contributed by atoms with Gasteiger partial charge in [-0.05, 0) is 29.9 Å². The average Bonchev–Trinajstić information content (AvgIpc) is 2.44. The first-order valence-electron chi connectivity index (χ1n) is 8.08. The fourth-order valence-corrected chi connectivity index (χ4v) is 3.01. The Labute approximate surface area is 128 Å². The summed E-state index contributed by atoms with van der Waals surface area (Å²) >= 11 is 0. The third-order valence-electron chi connectivity index (χ3n) is 3.85. The van der Waals surface area contributed by atoms with E-state index in [-0.39, 0.29) is 5.92 Å². The van der Waals surface area contributed by atoms with Crippen LogP contribution < -0.4 is 5.32 Å². The summed E-state index contributed by atoms with van der Waals surface area (Å²) in [5.74, 6) is 1.39. The summed E-state index contributed by atoms with van der Waals surface area (Å²) in [4.78, 5) is 14.9. The lowest BCUT2D eigenvalue weighted by Crippen LogP contribution is -2.44. The Morgan fingerprint density at radius 2 is 1.81 bits per heavy atom. The van der Waals surface area contributed by atoms with Gasteiger partial charge in [0.1, 0.15) is 0 Å². The van der Waals surface area contributed by atoms with Gasteiger partial charge in [-0.3, -0.25) is 4.79 Å². The minimum Gasteiger partial charge on any atom is -0.384 e. The van der Waals surface area contributed by atoms with Crippen molar-refractivity contribution in [2.75, 3.05) is 25.0 Å². The minimum atomic E-state index is 0.0670. The average molecular weight is 288 g/mol. The number of para-hydroxylation sites is 1. The van der Waals surface area contributed by atoms with Crippen LogP contribution in [0.3, 0.4) is 0 Å². The Bertz CT molecular complexity index is 472. The van der Waals surface area contributed by atoms with Crippen LogP contribution in [0.4, 0.5) is 5.69 Å². The molecule has 21 heavy (non-hydrogen) atoms. The topological polar surface area (TPSA) is 32.3 Å². The Kier molecular flexibility index (Phi) is 5.27. The van der Waals surface area contributed by atoms with Crippen molar-refractivity contribution in [2.24, 2.45) is 17.8 Å². The zero-order valence-corrected chi connectivity index (χ0v) is 13.7. The quantitative estimate of drug-likeness (QED) is 0.900. The Morgan fingerprint density at radius 1 is 1.19 bits per heavy atom. The number of hydrogen-bond acceptors (Lipinski definition) is 2. The van der Waals surface area contributed by atoms with Gasteiger partial charge in [-0.1, -0.05) is 45.9 Å². The molecular formula is C18H28N2O. The first-order valence-corrected chi connectivity index (χ1v) is 8.08. The molecule has 1 unspecified atom stereocenters. The van der Waals surface area contributed by atoms with E-state index < -0.39 is 0 Å². The van der Waals surface area contributed by atoms with Gasteiger partial charge in [0.25, 0.3) is 0 Å². The largest absolute Gasteiger partial charge is 0.384 e. The predicted molar refractivity (Wildman–Crippen MR) is 88.4 cm³/mol. The number of nitrogens with zero attached hydrogens (tertiary/aromatic N) is 1. The summed E-state index contributed by atoms with van der Waals surface area (Å²) in [5, 5.41) is 3.41. The Morgan fingerprint density at radius 3 is 2.43 bits per heavy atom. The maximum atomic E-state index is 12.9. The molecule has 0 saturated carbocycles. The van der Waals surface area contributed by atoms with Crippen molar-refractivity contribution in [3.8, 4) is 0 Å². The van der Waals surface area contributed by atoms with Gasteiger partial charge in [-0.2, -0.15) is 0 Å². The van der Waals surface area contributed by atoms with E-state index in [1.54, 1.807) is 0 Å². The molecule has 0 fully saturated rings. The second kappa shape index (κ2) is 6.97. The van der Waals surface area contributed by atoms with Gasteiger partial charge in [0.2, 0.25) is 5.91 Å². The van der Waals surface area contributed by atoms with Crippen LogP contribution in [0.15, 0.2) is 24.3 Å². The van der Waals surface area contributed by atoms with Crippen LogP contribution in [0.5, 0.6) is 0 Å². The van der Waals surface area contributed by atoms with E-state index in [0.717, 1.165) is 26.1 Å². The summed E-state index contributed by atoms with van der Waals surface area (Å²) < 4.78 is 0. The number of fused-ring (bicyclic) bond motifs is 1. The molecule has 0 aliphatic carbocycles. The standard InChI is InChI=1S/C18H28N2O/c1-13(2)11-20(12-14(3)4)18(21)16-9-15-7-5-6-8-17(15)19-10-16/h5-8,13-14,16,19H,9-12H2,1-4H3. The second-order valence-corrected chi connectivity index (χ2v) is 6.97. The molecule has 1 heterocycles. The molecule has 1 aromatic rings. The molecule has 1 aliphatic rings. The molecule has 0 saturated heterocycles. The van der Waals surface area contributed by atoms with Gasteiger partial charge in [0, 0.05) is 25.3 Å². The zero-order valence-electron chi connectivity index (χ0n) is 13.7. The van der Waals surface area contributed by atoms with Gasteiger partial charge < -0.3 is 10.2 Å². The first-order chi connectivity index (χ1) is 9.97. The van der Waals surface area contributed by atoms with Crippen molar-refractivity contribution in [1.29, 1.82) is 0 Å². The maximum absolute atomic E-state index is 12.9. The molecule has 1 atom stereocenters. The lowest BCUT2D eigenvalue weighted by atomic mass is 9.92. The SMILES string of the molecule is CC(C)CN(CC(C)C)C(=O)C1CNc2ccccc2C1. The van der Waals surface area contributed by atoms with Crippen LogP contribution in [0.25, 0.3) is 0 Å². The van der Waals surface area contributed by atoms with Crippen molar-refractivity contribution in [3.05, 3.63) is 29.8 Å². The van der Waals surface area contributed by atoms with E-state index >= 15 is 0 Å². The summed E-state index contributed by atoms with van der Waals surface area (Å²) in [5.41, 5.74) is 2.44. The summed E-state index contributed by atoms with van der Waals surface area (Å²) in [7, 11) is 0. The first kappa shape index (κ1) is 15.9. The Hall–Kier alpha value is -1.51. The molecule has 3 nitrogen and oxygen atoms in total. The van der Waals surface area contributed by atoms with Crippen LogP contribution in [0.2, 0.25) is 0 Å². The highest BCUT2D eigenvalue weighted by Gasteiger charge is 2.28. The van der Waals surface area contributed by atoms with Gasteiger partial charge in [0.15, 0.2) is 0 Å². The fraction of sp³-hybridized carbons (Fsp3) is 0.611. The monoisotopic (exact) mass is 288 g/mol. The van der Waals surface area contributed by atoms with Crippen molar-refractivity contribution >= 4 is 11.6 Å². The zero-order chi connectivity index (χ0) is 15.4. The van der Waals surface area contributed by atoms with E-state index in [1.165, 1.54) is 11.3 Å². The number of rotatable bonds is 5. The number of carbonyl (C=O) groups excluding carboxylic acids is 1. The summed E-state index contributed by atoms with van der Waals surface area (Å²) in [6.07, 6.45) is 0.856. The molecule has 0 radical (unpaired) electrons. The fourth-order valence-electron chi connectivity index (χ4n) is 3.01. The highest BCUT2D eigenvalue weighted by Crippen LogP contribution is 2.25. The van der Waals surface area contributed by atoms with Gasteiger partial charge in [-0.15, -0.1) is 0 Å². The third-order valence-corrected chi connectivity index (χ3v) is 3.85. The number of nitrogens with one attached hydrogen (secondary N) is 1. The number of carbonyl (C=O) groups is 1. The minimum absolute atomic E-state index is 0.0670. The van der Waals surface area contributed by atoms with Gasteiger partial charge in [-0.25, -0.2) is 0 Å². The van der Waals surface area contributed by atoms with Crippen molar-refractivity contribution in [3.63, 3.8) is 0 Å². The number of amides is 1. The van der Waals surface area contributed by atoms with Crippen molar-refractivity contribution in [2.45, 2.75) is 34.1 Å². The summed E-state index contributed by atoms with van der Waals surface area (Å²) in [6.45, 7) is 11.2.